The molecule has 0 radical (unpaired) electrons. The highest BCUT2D eigenvalue weighted by atomic mass is 16.6. The third-order valence-corrected chi connectivity index (χ3v) is 5.55. The van der Waals surface area contributed by atoms with Crippen LogP contribution in [-0.2, 0) is 16.1 Å². The van der Waals surface area contributed by atoms with Crippen LogP contribution in [0.3, 0.4) is 0 Å². The summed E-state index contributed by atoms with van der Waals surface area (Å²) >= 11 is 0. The predicted molar refractivity (Wildman–Crippen MR) is 134 cm³/mol. The summed E-state index contributed by atoms with van der Waals surface area (Å²) in [5.41, 5.74) is 0.893. The molecule has 186 valence electrons. The molecular formula is C27H44N2O4. The highest BCUT2D eigenvalue weighted by Gasteiger charge is 2.29. The molecule has 0 bridgehead atoms. The molecule has 1 amide bonds. The topological polar surface area (TPSA) is 67.9 Å². The molecule has 0 fully saturated rings. The average molecular weight is 461 g/mol. The van der Waals surface area contributed by atoms with Crippen molar-refractivity contribution in [2.75, 3.05) is 20.2 Å². The minimum Gasteiger partial charge on any atom is -0.493 e. The molecule has 0 aliphatic carbocycles. The summed E-state index contributed by atoms with van der Waals surface area (Å²) in [6.07, 6.45) is 7.79. The summed E-state index contributed by atoms with van der Waals surface area (Å²) in [6, 6.07) is 5.08. The molecule has 1 aromatic rings. The van der Waals surface area contributed by atoms with E-state index in [2.05, 4.69) is 36.2 Å². The van der Waals surface area contributed by atoms with Gasteiger partial charge in [0.1, 0.15) is 6.04 Å². The third-order valence-electron chi connectivity index (χ3n) is 5.55. The first-order valence-electron chi connectivity index (χ1n) is 12.3. The van der Waals surface area contributed by atoms with Crippen molar-refractivity contribution < 1.29 is 19.1 Å². The lowest BCUT2D eigenvalue weighted by molar-refractivity contribution is -0.142. The summed E-state index contributed by atoms with van der Waals surface area (Å²) in [6.45, 7) is 14.4. The molecular weight excluding hydrogens is 416 g/mol. The number of carbonyl (C=O) groups is 2. The third kappa shape index (κ3) is 10.4. The number of likely N-dealkylation sites (N-methyl/N-ethyl adjacent to an activating group) is 1. The van der Waals surface area contributed by atoms with Gasteiger partial charge in [0.2, 0.25) is 5.91 Å². The molecule has 33 heavy (non-hydrogen) atoms. The van der Waals surface area contributed by atoms with Crippen LogP contribution in [0, 0.1) is 11.8 Å². The average Bonchev–Trinajstić information content (AvgIpc) is 2.78. The van der Waals surface area contributed by atoms with Crippen LogP contribution in [0.5, 0.6) is 11.5 Å². The van der Waals surface area contributed by atoms with Crippen LogP contribution in [0.2, 0.25) is 0 Å². The largest absolute Gasteiger partial charge is 0.493 e. The van der Waals surface area contributed by atoms with Gasteiger partial charge in [0.25, 0.3) is 0 Å². The second kappa shape index (κ2) is 15.5. The van der Waals surface area contributed by atoms with Crippen LogP contribution in [0.25, 0.3) is 0 Å². The number of nitrogens with zero attached hydrogens (tertiary/aromatic N) is 1. The maximum atomic E-state index is 12.9. The molecule has 1 aromatic carbocycles. The number of amides is 1. The molecule has 1 N–H and O–H groups in total. The molecule has 0 heterocycles. The van der Waals surface area contributed by atoms with E-state index < -0.39 is 0 Å². The second-order valence-corrected chi connectivity index (χ2v) is 9.01. The minimum atomic E-state index is -0.315. The fraction of sp³-hybridized carbons (Fsp3) is 0.630. The highest BCUT2D eigenvalue weighted by molar-refractivity contribution is 5.79. The molecule has 1 atom stereocenters. The van der Waals surface area contributed by atoms with E-state index in [1.807, 2.05) is 33.8 Å². The van der Waals surface area contributed by atoms with Gasteiger partial charge in [-0.25, -0.2) is 4.79 Å². The van der Waals surface area contributed by atoms with Gasteiger partial charge in [-0.2, -0.15) is 0 Å². The van der Waals surface area contributed by atoms with Crippen molar-refractivity contribution in [3.8, 4) is 11.5 Å². The number of methoxy groups -OCH3 is 1. The van der Waals surface area contributed by atoms with Crippen molar-refractivity contribution in [2.24, 2.45) is 11.8 Å². The van der Waals surface area contributed by atoms with Crippen molar-refractivity contribution in [1.29, 1.82) is 0 Å². The monoisotopic (exact) mass is 460 g/mol. The Kier molecular flexibility index (Phi) is 13.5. The van der Waals surface area contributed by atoms with Crippen molar-refractivity contribution in [3.63, 3.8) is 0 Å². The first kappa shape index (κ1) is 28.7. The Morgan fingerprint density at radius 3 is 2.33 bits per heavy atom. The van der Waals surface area contributed by atoms with Crippen LogP contribution in [-0.4, -0.2) is 43.0 Å². The molecule has 0 saturated heterocycles. The molecule has 1 rings (SSSR count). The summed E-state index contributed by atoms with van der Waals surface area (Å²) < 4.78 is 11.2. The zero-order valence-electron chi connectivity index (χ0n) is 21.6. The van der Waals surface area contributed by atoms with Crippen LogP contribution < -0.4 is 14.8 Å². The van der Waals surface area contributed by atoms with E-state index in [1.54, 1.807) is 19.2 Å². The van der Waals surface area contributed by atoms with E-state index in [1.165, 1.54) is 0 Å². The van der Waals surface area contributed by atoms with Crippen molar-refractivity contribution in [1.82, 2.24) is 10.2 Å². The standard InChI is InChI=1S/C27H44N2O4/c1-8-29(9-2)26(21(5)6)27(31)33-23-17-16-22(18-24(23)32-7)19-28-25(30)15-13-11-10-12-14-20(3)4/h12,14,16-18,20-21,26H,8-11,13,15,19H2,1-7H3,(H,28,30)/b14-12+/t26-/m1/s1. The Labute approximate surface area is 200 Å². The maximum absolute atomic E-state index is 12.9. The number of esters is 1. The molecule has 0 spiro atoms. The number of hydrogen-bond donors (Lipinski definition) is 1. The molecule has 6 nitrogen and oxygen atoms in total. The lowest BCUT2D eigenvalue weighted by Crippen LogP contribution is -2.46. The van der Waals surface area contributed by atoms with Crippen LogP contribution in [0.1, 0.15) is 72.8 Å². The molecule has 6 heteroatoms. The van der Waals surface area contributed by atoms with E-state index in [4.69, 9.17) is 9.47 Å². The number of rotatable bonds is 15. The number of benzene rings is 1. The van der Waals surface area contributed by atoms with Crippen LogP contribution in [0.15, 0.2) is 30.4 Å². The van der Waals surface area contributed by atoms with E-state index in [0.29, 0.717) is 30.4 Å². The zero-order valence-corrected chi connectivity index (χ0v) is 21.6. The minimum absolute atomic E-state index is 0.0382. The lowest BCUT2D eigenvalue weighted by atomic mass is 10.0. The summed E-state index contributed by atoms with van der Waals surface area (Å²) in [7, 11) is 1.55. The Bertz CT molecular complexity index is 754. The molecule has 0 saturated carbocycles. The second-order valence-electron chi connectivity index (χ2n) is 9.01. The summed E-state index contributed by atoms with van der Waals surface area (Å²) in [5.74, 6) is 1.33. The van der Waals surface area contributed by atoms with E-state index >= 15 is 0 Å². The predicted octanol–water partition coefficient (Wildman–Crippen LogP) is 5.36. The van der Waals surface area contributed by atoms with Gasteiger partial charge in [-0.3, -0.25) is 9.69 Å². The van der Waals surface area contributed by atoms with Gasteiger partial charge in [0.05, 0.1) is 7.11 Å². The van der Waals surface area contributed by atoms with Gasteiger partial charge in [-0.15, -0.1) is 0 Å². The summed E-state index contributed by atoms with van der Waals surface area (Å²) in [4.78, 5) is 27.2. The highest BCUT2D eigenvalue weighted by Crippen LogP contribution is 2.29. The van der Waals surface area contributed by atoms with Crippen molar-refractivity contribution in [2.45, 2.75) is 79.8 Å². The molecule has 0 unspecified atom stereocenters. The Morgan fingerprint density at radius 1 is 1.06 bits per heavy atom. The zero-order chi connectivity index (χ0) is 24.8. The van der Waals surface area contributed by atoms with Gasteiger partial charge >= 0.3 is 5.97 Å². The normalized spacial score (nSPS) is 12.5. The lowest BCUT2D eigenvalue weighted by Gasteiger charge is -2.30. The van der Waals surface area contributed by atoms with E-state index in [9.17, 15) is 9.59 Å². The van der Waals surface area contributed by atoms with Crippen LogP contribution >= 0.6 is 0 Å². The van der Waals surface area contributed by atoms with Gasteiger partial charge in [-0.1, -0.05) is 59.8 Å². The van der Waals surface area contributed by atoms with Crippen molar-refractivity contribution >= 4 is 11.9 Å². The number of allylic oxidation sites excluding steroid dienone is 2. The maximum Gasteiger partial charge on any atom is 0.329 e. The van der Waals surface area contributed by atoms with E-state index in [0.717, 1.165) is 37.9 Å². The van der Waals surface area contributed by atoms with Gasteiger partial charge in [0.15, 0.2) is 11.5 Å². The van der Waals surface area contributed by atoms with Gasteiger partial charge in [0, 0.05) is 13.0 Å². The Hall–Kier alpha value is -2.34. The quantitative estimate of drug-likeness (QED) is 0.165. The fourth-order valence-electron chi connectivity index (χ4n) is 3.74. The Balaban J connectivity index is 2.64. The number of nitrogens with one attached hydrogen (secondary N) is 1. The Morgan fingerprint density at radius 2 is 1.76 bits per heavy atom. The summed E-state index contributed by atoms with van der Waals surface area (Å²) in [5, 5.41) is 2.96. The first-order valence-corrected chi connectivity index (χ1v) is 12.3. The van der Waals surface area contributed by atoms with Crippen LogP contribution in [0.4, 0.5) is 0 Å². The molecule has 0 aliphatic heterocycles. The molecule has 0 aromatic heterocycles. The SMILES string of the molecule is CCN(CC)[C@@H](C(=O)Oc1ccc(CNC(=O)CCCC/C=C/C(C)C)cc1OC)C(C)C. The number of unbranched alkanes of at least 4 members (excludes halogenated alkanes) is 2. The first-order chi connectivity index (χ1) is 15.7. The van der Waals surface area contributed by atoms with E-state index in [-0.39, 0.29) is 23.8 Å². The van der Waals surface area contributed by atoms with Crippen molar-refractivity contribution in [3.05, 3.63) is 35.9 Å². The smallest absolute Gasteiger partial charge is 0.329 e. The van der Waals surface area contributed by atoms with Gasteiger partial charge in [-0.05, 0) is 61.9 Å². The number of ether oxygens (including phenoxy) is 2. The fourth-order valence-corrected chi connectivity index (χ4v) is 3.74. The van der Waals surface area contributed by atoms with Gasteiger partial charge < -0.3 is 14.8 Å². The number of carbonyl (C=O) groups excluding carboxylic acids is 2. The number of hydrogen-bond acceptors (Lipinski definition) is 5. The molecule has 0 aliphatic rings.